The zero-order valence-corrected chi connectivity index (χ0v) is 20.8. The van der Waals surface area contributed by atoms with Crippen molar-refractivity contribution < 1.29 is 14.3 Å². The Bertz CT molecular complexity index is 1550. The number of methoxy groups -OCH3 is 2. The van der Waals surface area contributed by atoms with Gasteiger partial charge in [0.1, 0.15) is 0 Å². The van der Waals surface area contributed by atoms with Crippen LogP contribution < -0.4 is 15.0 Å². The first-order chi connectivity index (χ1) is 16.9. The van der Waals surface area contributed by atoms with Gasteiger partial charge >= 0.3 is 0 Å². The molecule has 0 bridgehead atoms. The molecule has 35 heavy (non-hydrogen) atoms. The molecule has 1 aliphatic rings. The van der Waals surface area contributed by atoms with Gasteiger partial charge in [0.2, 0.25) is 0 Å². The molecule has 1 aliphatic heterocycles. The highest BCUT2D eigenvalue weighted by molar-refractivity contribution is 7.17. The first-order valence-electron chi connectivity index (χ1n) is 11.5. The smallest absolute Gasteiger partial charge is 0.263 e. The molecule has 6 nitrogen and oxygen atoms in total. The second-order valence-corrected chi connectivity index (χ2v) is 9.71. The number of pyridine rings is 1. The number of benzene rings is 2. The van der Waals surface area contributed by atoms with Gasteiger partial charge in [0, 0.05) is 41.0 Å². The zero-order chi connectivity index (χ0) is 24.7. The van der Waals surface area contributed by atoms with Crippen LogP contribution in [0.5, 0.6) is 11.5 Å². The molecule has 2 aromatic carbocycles. The van der Waals surface area contributed by atoms with Crippen LogP contribution in [0.4, 0.5) is 0 Å². The van der Waals surface area contributed by atoms with E-state index in [4.69, 9.17) is 15.9 Å². The van der Waals surface area contributed by atoms with Gasteiger partial charge in [-0.15, -0.1) is 23.7 Å². The van der Waals surface area contributed by atoms with Crippen molar-refractivity contribution in [3.63, 3.8) is 0 Å². The van der Waals surface area contributed by atoms with E-state index in [2.05, 4.69) is 18.2 Å². The zero-order valence-electron chi connectivity index (χ0n) is 20.0. The fourth-order valence-corrected chi connectivity index (χ4v) is 5.67. The van der Waals surface area contributed by atoms with Crippen molar-refractivity contribution in [1.82, 2.24) is 9.47 Å². The highest BCUT2D eigenvalue weighted by Gasteiger charge is 2.26. The number of carbonyl (C=O) groups is 1. The number of ether oxygens (including phenoxy) is 2. The van der Waals surface area contributed by atoms with E-state index in [-0.39, 0.29) is 17.4 Å². The summed E-state index contributed by atoms with van der Waals surface area (Å²) in [5, 5.41) is 4.13. The summed E-state index contributed by atoms with van der Waals surface area (Å²) in [6, 6.07) is 9.30. The maximum atomic E-state index is 13.8. The van der Waals surface area contributed by atoms with Gasteiger partial charge < -0.3 is 14.4 Å². The van der Waals surface area contributed by atoms with E-state index in [1.54, 1.807) is 34.2 Å². The van der Waals surface area contributed by atoms with Gasteiger partial charge in [-0.05, 0) is 66.4 Å². The van der Waals surface area contributed by atoms with Crippen molar-refractivity contribution in [3.8, 4) is 29.5 Å². The number of hydrogen-bond acceptors (Lipinski definition) is 5. The minimum Gasteiger partial charge on any atom is -0.493 e. The number of aryl methyl sites for hydroxylation is 1. The summed E-state index contributed by atoms with van der Waals surface area (Å²) in [6.07, 6.45) is 8.80. The molecule has 1 amide bonds. The van der Waals surface area contributed by atoms with Crippen molar-refractivity contribution in [3.05, 3.63) is 63.4 Å². The predicted molar refractivity (Wildman–Crippen MR) is 140 cm³/mol. The van der Waals surface area contributed by atoms with Gasteiger partial charge in [-0.3, -0.25) is 14.2 Å². The third-order valence-electron chi connectivity index (χ3n) is 6.80. The molecular weight excluding hydrogens is 460 g/mol. The monoisotopic (exact) mass is 486 g/mol. The van der Waals surface area contributed by atoms with Crippen LogP contribution in [0.2, 0.25) is 0 Å². The number of likely N-dealkylation sites (tertiary alicyclic amines) is 1. The van der Waals surface area contributed by atoms with Crippen LogP contribution >= 0.6 is 11.3 Å². The second kappa shape index (κ2) is 9.12. The van der Waals surface area contributed by atoms with E-state index in [0.717, 1.165) is 28.5 Å². The lowest BCUT2D eigenvalue weighted by Crippen LogP contribution is -2.38. The SMILES string of the molecule is C#CC1CCN(C(=O)c2cn(-c3ccc4scc(C)c4c3)c(=O)c3cc(OC)c(OC)cc23)CC1. The highest BCUT2D eigenvalue weighted by atomic mass is 32.1. The number of nitrogens with zero attached hydrogens (tertiary/aromatic N) is 2. The fourth-order valence-electron chi connectivity index (χ4n) is 4.74. The van der Waals surface area contributed by atoms with Crippen molar-refractivity contribution in [2.75, 3.05) is 27.3 Å². The summed E-state index contributed by atoms with van der Waals surface area (Å²) in [4.78, 5) is 29.3. The van der Waals surface area contributed by atoms with Gasteiger partial charge in [0.25, 0.3) is 11.5 Å². The van der Waals surface area contributed by atoms with Crippen LogP contribution in [0.1, 0.15) is 28.8 Å². The Morgan fingerprint density at radius 2 is 1.74 bits per heavy atom. The number of fused-ring (bicyclic) bond motifs is 2. The van der Waals surface area contributed by atoms with E-state index in [9.17, 15) is 9.59 Å². The lowest BCUT2D eigenvalue weighted by Gasteiger charge is -2.30. The minimum atomic E-state index is -0.226. The number of piperidine rings is 1. The Hall–Kier alpha value is -3.76. The summed E-state index contributed by atoms with van der Waals surface area (Å²) in [6.45, 7) is 3.22. The van der Waals surface area contributed by atoms with Crippen LogP contribution in [0, 0.1) is 25.2 Å². The molecular formula is C28H26N2O4S. The Morgan fingerprint density at radius 3 is 2.40 bits per heavy atom. The summed E-state index contributed by atoms with van der Waals surface area (Å²) in [7, 11) is 3.07. The quantitative estimate of drug-likeness (QED) is 0.380. The molecule has 4 aromatic rings. The van der Waals surface area contributed by atoms with E-state index >= 15 is 0 Å². The van der Waals surface area contributed by atoms with Crippen molar-refractivity contribution in [2.24, 2.45) is 5.92 Å². The molecule has 2 aromatic heterocycles. The van der Waals surface area contributed by atoms with Crippen LogP contribution in [0.25, 0.3) is 26.5 Å². The maximum absolute atomic E-state index is 13.8. The van der Waals surface area contributed by atoms with Gasteiger partial charge in [-0.2, -0.15) is 0 Å². The largest absolute Gasteiger partial charge is 0.493 e. The first-order valence-corrected chi connectivity index (χ1v) is 12.4. The molecule has 5 rings (SSSR count). The Labute approximate surface area is 207 Å². The molecule has 0 N–H and O–H groups in total. The number of rotatable bonds is 4. The molecule has 0 aliphatic carbocycles. The summed E-state index contributed by atoms with van der Waals surface area (Å²) < 4.78 is 13.7. The third kappa shape index (κ3) is 3.94. The summed E-state index contributed by atoms with van der Waals surface area (Å²) in [5.41, 5.74) is 2.08. The average Bonchev–Trinajstić information content (AvgIpc) is 3.27. The number of aromatic nitrogens is 1. The highest BCUT2D eigenvalue weighted by Crippen LogP contribution is 2.34. The minimum absolute atomic E-state index is 0.126. The van der Waals surface area contributed by atoms with Crippen LogP contribution in [-0.4, -0.2) is 42.7 Å². The number of terminal acetylenes is 1. The molecule has 0 radical (unpaired) electrons. The Balaban J connectivity index is 1.73. The molecule has 3 heterocycles. The Kier molecular flexibility index (Phi) is 6.00. The normalized spacial score (nSPS) is 14.3. The second-order valence-electron chi connectivity index (χ2n) is 8.80. The van der Waals surface area contributed by atoms with Gasteiger partial charge in [-0.25, -0.2) is 0 Å². The van der Waals surface area contributed by atoms with Gasteiger partial charge in [-0.1, -0.05) is 0 Å². The first kappa shape index (κ1) is 23.0. The topological polar surface area (TPSA) is 60.8 Å². The molecule has 1 saturated heterocycles. The average molecular weight is 487 g/mol. The summed E-state index contributed by atoms with van der Waals surface area (Å²) in [5.74, 6) is 3.77. The molecule has 0 unspecified atom stereocenters. The molecule has 0 spiro atoms. The lowest BCUT2D eigenvalue weighted by atomic mass is 9.97. The van der Waals surface area contributed by atoms with E-state index in [1.165, 1.54) is 14.2 Å². The fraction of sp³-hybridized carbons (Fsp3) is 0.286. The van der Waals surface area contributed by atoms with Gasteiger partial charge in [0.15, 0.2) is 11.5 Å². The van der Waals surface area contributed by atoms with E-state index in [0.29, 0.717) is 46.6 Å². The third-order valence-corrected chi connectivity index (χ3v) is 7.88. The number of hydrogen-bond donors (Lipinski definition) is 0. The van der Waals surface area contributed by atoms with E-state index < -0.39 is 0 Å². The molecule has 0 atom stereocenters. The maximum Gasteiger partial charge on any atom is 0.263 e. The summed E-state index contributed by atoms with van der Waals surface area (Å²) >= 11 is 1.67. The molecule has 178 valence electrons. The van der Waals surface area contributed by atoms with Crippen LogP contribution in [0.3, 0.4) is 0 Å². The standard InChI is InChI=1S/C28H26N2O4S/c1-5-18-8-10-29(11-9-18)27(31)23-15-30(19-6-7-26-20(12-19)17(2)16-35-26)28(32)22-14-25(34-4)24(33-3)13-21(22)23/h1,6-7,12-16,18H,8-11H2,2-4H3. The van der Waals surface area contributed by atoms with Crippen molar-refractivity contribution >= 4 is 38.1 Å². The van der Waals surface area contributed by atoms with Crippen molar-refractivity contribution in [2.45, 2.75) is 19.8 Å². The number of thiophene rings is 1. The Morgan fingerprint density at radius 1 is 1.06 bits per heavy atom. The van der Waals surface area contributed by atoms with Crippen molar-refractivity contribution in [1.29, 1.82) is 0 Å². The van der Waals surface area contributed by atoms with Crippen LogP contribution in [-0.2, 0) is 0 Å². The predicted octanol–water partition coefficient (Wildman–Crippen LogP) is 5.02. The lowest BCUT2D eigenvalue weighted by molar-refractivity contribution is 0.0709. The van der Waals surface area contributed by atoms with Gasteiger partial charge in [0.05, 0.1) is 25.2 Å². The van der Waals surface area contributed by atoms with Crippen LogP contribution in [0.15, 0.2) is 46.7 Å². The molecule has 7 heteroatoms. The number of carbonyl (C=O) groups excluding carboxylic acids is 1. The van der Waals surface area contributed by atoms with E-state index in [1.807, 2.05) is 23.1 Å². The number of amides is 1. The molecule has 0 saturated carbocycles. The molecule has 1 fully saturated rings.